The van der Waals surface area contributed by atoms with Gasteiger partial charge in [-0.3, -0.25) is 9.88 Å². The van der Waals surface area contributed by atoms with Crippen LogP contribution in [-0.4, -0.2) is 47.1 Å². The van der Waals surface area contributed by atoms with E-state index in [-0.39, 0.29) is 0 Å². The third-order valence-corrected chi connectivity index (χ3v) is 4.06. The van der Waals surface area contributed by atoms with Crippen molar-refractivity contribution < 1.29 is 0 Å². The van der Waals surface area contributed by atoms with Crippen LogP contribution >= 0.6 is 0 Å². The van der Waals surface area contributed by atoms with Gasteiger partial charge < -0.3 is 10.6 Å². The summed E-state index contributed by atoms with van der Waals surface area (Å²) in [5.74, 6) is 0.998. The summed E-state index contributed by atoms with van der Waals surface area (Å²) in [6.07, 6.45) is 7.71. The zero-order chi connectivity index (χ0) is 12.4. The summed E-state index contributed by atoms with van der Waals surface area (Å²) in [4.78, 5) is 13.8. The van der Waals surface area contributed by atoms with E-state index in [4.69, 9.17) is 5.73 Å². The van der Waals surface area contributed by atoms with E-state index in [2.05, 4.69) is 19.8 Å². The lowest BCUT2D eigenvalue weighted by Gasteiger charge is -2.44. The third kappa shape index (κ3) is 2.33. The summed E-state index contributed by atoms with van der Waals surface area (Å²) in [6, 6.07) is 0.712. The first-order valence-electron chi connectivity index (χ1n) is 6.87. The van der Waals surface area contributed by atoms with Gasteiger partial charge in [0, 0.05) is 32.2 Å². The summed E-state index contributed by atoms with van der Waals surface area (Å²) < 4.78 is 0. The maximum atomic E-state index is 5.54. The molecule has 2 saturated heterocycles. The summed E-state index contributed by atoms with van der Waals surface area (Å²) in [7, 11) is 0. The molecule has 2 aliphatic heterocycles. The van der Waals surface area contributed by atoms with Crippen molar-refractivity contribution in [3.63, 3.8) is 0 Å². The number of nitrogens with zero attached hydrogens (tertiary/aromatic N) is 4. The van der Waals surface area contributed by atoms with Crippen molar-refractivity contribution in [1.82, 2.24) is 14.9 Å². The smallest absolute Gasteiger partial charge is 0.147 e. The molecule has 1 aromatic rings. The average molecular weight is 247 g/mol. The number of hydrogen-bond acceptors (Lipinski definition) is 5. The maximum absolute atomic E-state index is 5.54. The minimum absolute atomic E-state index is 0.462. The van der Waals surface area contributed by atoms with Gasteiger partial charge >= 0.3 is 0 Å². The number of rotatable bonds is 2. The highest BCUT2D eigenvalue weighted by Gasteiger charge is 2.29. The quantitative estimate of drug-likeness (QED) is 0.830. The molecule has 2 aliphatic rings. The Labute approximate surface area is 108 Å². The van der Waals surface area contributed by atoms with Gasteiger partial charge in [0.05, 0.1) is 18.1 Å². The van der Waals surface area contributed by atoms with Crippen molar-refractivity contribution in [2.75, 3.05) is 31.1 Å². The SMILES string of the molecule is NCc1cnc(N2CCN3CCCCC3C2)cn1. The van der Waals surface area contributed by atoms with E-state index in [0.717, 1.165) is 31.1 Å². The van der Waals surface area contributed by atoms with E-state index in [1.54, 1.807) is 6.20 Å². The number of hydrogen-bond donors (Lipinski definition) is 1. The lowest BCUT2D eigenvalue weighted by molar-refractivity contribution is 0.133. The Morgan fingerprint density at radius 3 is 2.89 bits per heavy atom. The fourth-order valence-corrected chi connectivity index (χ4v) is 2.98. The van der Waals surface area contributed by atoms with Gasteiger partial charge in [-0.1, -0.05) is 6.42 Å². The number of anilines is 1. The highest BCUT2D eigenvalue weighted by molar-refractivity contribution is 5.37. The predicted octanol–water partition coefficient (Wildman–Crippen LogP) is 0.610. The molecule has 0 bridgehead atoms. The number of nitrogens with two attached hydrogens (primary N) is 1. The molecular formula is C13H21N5. The molecule has 5 heteroatoms. The van der Waals surface area contributed by atoms with Crippen molar-refractivity contribution >= 4 is 5.82 Å². The van der Waals surface area contributed by atoms with E-state index in [1.165, 1.54) is 25.8 Å². The first-order chi connectivity index (χ1) is 8.86. The van der Waals surface area contributed by atoms with Crippen LogP contribution in [0.5, 0.6) is 0 Å². The van der Waals surface area contributed by atoms with Gasteiger partial charge in [0.25, 0.3) is 0 Å². The predicted molar refractivity (Wildman–Crippen MR) is 71.3 cm³/mol. The van der Waals surface area contributed by atoms with Crippen LogP contribution in [0.4, 0.5) is 5.82 Å². The van der Waals surface area contributed by atoms with Gasteiger partial charge in [0.2, 0.25) is 0 Å². The molecule has 3 rings (SSSR count). The largest absolute Gasteiger partial charge is 0.352 e. The highest BCUT2D eigenvalue weighted by Crippen LogP contribution is 2.23. The molecule has 0 aromatic carbocycles. The molecule has 2 N–H and O–H groups in total. The van der Waals surface area contributed by atoms with Gasteiger partial charge in [-0.25, -0.2) is 4.98 Å². The van der Waals surface area contributed by atoms with Crippen molar-refractivity contribution in [3.8, 4) is 0 Å². The number of fused-ring (bicyclic) bond motifs is 1. The second-order valence-corrected chi connectivity index (χ2v) is 5.20. The summed E-state index contributed by atoms with van der Waals surface area (Å²) >= 11 is 0. The van der Waals surface area contributed by atoms with Gasteiger partial charge in [0.15, 0.2) is 0 Å². The van der Waals surface area contributed by atoms with Gasteiger partial charge in [0.1, 0.15) is 5.82 Å². The molecule has 98 valence electrons. The van der Waals surface area contributed by atoms with Crippen LogP contribution in [0.15, 0.2) is 12.4 Å². The molecule has 1 unspecified atom stereocenters. The van der Waals surface area contributed by atoms with Gasteiger partial charge in [-0.05, 0) is 19.4 Å². The van der Waals surface area contributed by atoms with Crippen LogP contribution in [0, 0.1) is 0 Å². The number of aromatic nitrogens is 2. The monoisotopic (exact) mass is 247 g/mol. The Hall–Kier alpha value is -1.20. The standard InChI is InChI=1S/C13H21N5/c14-7-11-8-16-13(9-15-11)18-6-5-17-4-2-1-3-12(17)10-18/h8-9,12H,1-7,10,14H2. The third-order valence-electron chi connectivity index (χ3n) is 4.06. The Balaban J connectivity index is 1.69. The Bertz CT molecular complexity index is 391. The molecular weight excluding hydrogens is 226 g/mol. The van der Waals surface area contributed by atoms with Crippen LogP contribution in [0.25, 0.3) is 0 Å². The Morgan fingerprint density at radius 1 is 1.17 bits per heavy atom. The minimum Gasteiger partial charge on any atom is -0.352 e. The van der Waals surface area contributed by atoms with Crippen molar-refractivity contribution in [1.29, 1.82) is 0 Å². The average Bonchev–Trinajstić information content (AvgIpc) is 2.47. The normalized spacial score (nSPS) is 24.9. The fraction of sp³-hybridized carbons (Fsp3) is 0.692. The molecule has 3 heterocycles. The molecule has 2 fully saturated rings. The van der Waals surface area contributed by atoms with Crippen LogP contribution < -0.4 is 10.6 Å². The topological polar surface area (TPSA) is 58.3 Å². The summed E-state index contributed by atoms with van der Waals surface area (Å²) in [5, 5.41) is 0. The molecule has 1 aromatic heterocycles. The lowest BCUT2D eigenvalue weighted by Crippen LogP contribution is -2.55. The van der Waals surface area contributed by atoms with Crippen molar-refractivity contribution in [2.45, 2.75) is 31.8 Å². The number of piperidine rings is 1. The zero-order valence-electron chi connectivity index (χ0n) is 10.8. The summed E-state index contributed by atoms with van der Waals surface area (Å²) in [6.45, 7) is 5.05. The number of piperazine rings is 1. The van der Waals surface area contributed by atoms with Crippen LogP contribution in [0.2, 0.25) is 0 Å². The highest BCUT2D eigenvalue weighted by atomic mass is 15.3. The van der Waals surface area contributed by atoms with Crippen LogP contribution in [-0.2, 0) is 6.54 Å². The van der Waals surface area contributed by atoms with Crippen LogP contribution in [0.1, 0.15) is 25.0 Å². The molecule has 1 atom stereocenters. The van der Waals surface area contributed by atoms with E-state index in [1.807, 2.05) is 6.20 Å². The van der Waals surface area contributed by atoms with Gasteiger partial charge in [-0.15, -0.1) is 0 Å². The maximum Gasteiger partial charge on any atom is 0.147 e. The second-order valence-electron chi connectivity index (χ2n) is 5.20. The first-order valence-corrected chi connectivity index (χ1v) is 6.87. The molecule has 0 amide bonds. The van der Waals surface area contributed by atoms with E-state index in [9.17, 15) is 0 Å². The van der Waals surface area contributed by atoms with Crippen LogP contribution in [0.3, 0.4) is 0 Å². The Morgan fingerprint density at radius 2 is 2.11 bits per heavy atom. The molecule has 0 saturated carbocycles. The molecule has 0 aliphatic carbocycles. The van der Waals surface area contributed by atoms with E-state index < -0.39 is 0 Å². The first kappa shape index (κ1) is 11.9. The molecule has 0 spiro atoms. The van der Waals surface area contributed by atoms with E-state index in [0.29, 0.717) is 12.6 Å². The van der Waals surface area contributed by atoms with Crippen molar-refractivity contribution in [3.05, 3.63) is 18.1 Å². The second kappa shape index (κ2) is 5.20. The summed E-state index contributed by atoms with van der Waals surface area (Å²) in [5.41, 5.74) is 6.40. The lowest BCUT2D eigenvalue weighted by atomic mass is 9.99. The van der Waals surface area contributed by atoms with Crippen molar-refractivity contribution in [2.24, 2.45) is 5.73 Å². The molecule has 18 heavy (non-hydrogen) atoms. The fourth-order valence-electron chi connectivity index (χ4n) is 2.98. The Kier molecular flexibility index (Phi) is 3.43. The van der Waals surface area contributed by atoms with Gasteiger partial charge in [-0.2, -0.15) is 0 Å². The molecule has 5 nitrogen and oxygen atoms in total. The molecule has 0 radical (unpaired) electrons. The van der Waals surface area contributed by atoms with E-state index >= 15 is 0 Å². The zero-order valence-corrected chi connectivity index (χ0v) is 10.8. The minimum atomic E-state index is 0.462.